The van der Waals surface area contributed by atoms with Crippen molar-refractivity contribution in [3.63, 3.8) is 0 Å². The number of aryl methyl sites for hydroxylation is 1. The maximum absolute atomic E-state index is 13.2. The molecule has 3 aromatic rings. The van der Waals surface area contributed by atoms with Gasteiger partial charge in [0.25, 0.3) is 5.91 Å². The normalized spacial score (nSPS) is 13.5. The molecule has 6 nitrogen and oxygen atoms in total. The lowest BCUT2D eigenvalue weighted by Gasteiger charge is -2.10. The van der Waals surface area contributed by atoms with Crippen LogP contribution in [0.15, 0.2) is 48.5 Å². The lowest BCUT2D eigenvalue weighted by atomic mass is 10.1. The average molecular weight is 522 g/mol. The highest BCUT2D eigenvalue weighted by molar-refractivity contribution is 6.32. The second-order valence-corrected chi connectivity index (χ2v) is 8.92. The summed E-state index contributed by atoms with van der Waals surface area (Å²) in [6, 6.07) is 14.4. The van der Waals surface area contributed by atoms with E-state index in [1.165, 1.54) is 4.68 Å². The molecule has 4 rings (SSSR count). The Bertz CT molecular complexity index is 1190. The van der Waals surface area contributed by atoms with Gasteiger partial charge < -0.3 is 14.8 Å². The molecule has 1 fully saturated rings. The van der Waals surface area contributed by atoms with E-state index in [9.17, 15) is 18.0 Å². The Morgan fingerprint density at radius 2 is 1.83 bits per heavy atom. The van der Waals surface area contributed by atoms with Gasteiger partial charge in [-0.15, -0.1) is 0 Å². The fraction of sp³-hybridized carbons (Fsp3) is 0.385. The van der Waals surface area contributed by atoms with Gasteiger partial charge in [-0.25, -0.2) is 0 Å². The average Bonchev–Trinajstić information content (AvgIpc) is 3.63. The SMILES string of the molecule is CCOc1ccc(OCc2cccc(C(=O)NCCCn3nc(C(F)(F)F)c(Cl)c3C3CC3)c2)cc1. The maximum atomic E-state index is 13.2. The lowest BCUT2D eigenvalue weighted by Crippen LogP contribution is -2.25. The lowest BCUT2D eigenvalue weighted by molar-refractivity contribution is -0.141. The van der Waals surface area contributed by atoms with E-state index in [0.29, 0.717) is 36.6 Å². The van der Waals surface area contributed by atoms with E-state index >= 15 is 0 Å². The number of hydrogen-bond donors (Lipinski definition) is 1. The standard InChI is InChI=1S/C26H27ClF3N3O3/c1-2-35-20-9-11-21(12-10-20)36-16-17-5-3-6-19(15-17)25(34)31-13-4-14-33-23(18-7-8-18)22(27)24(32-33)26(28,29)30/h3,5-6,9-12,15,18H,2,4,7-8,13-14,16H2,1H3,(H,31,34). The molecule has 1 aliphatic rings. The molecule has 0 bridgehead atoms. The summed E-state index contributed by atoms with van der Waals surface area (Å²) in [7, 11) is 0. The molecule has 10 heteroatoms. The molecule has 1 heterocycles. The Morgan fingerprint density at radius 3 is 2.47 bits per heavy atom. The van der Waals surface area contributed by atoms with Crippen molar-refractivity contribution in [1.82, 2.24) is 15.1 Å². The van der Waals surface area contributed by atoms with Crippen LogP contribution in [0.5, 0.6) is 11.5 Å². The van der Waals surface area contributed by atoms with Gasteiger partial charge in [-0.3, -0.25) is 9.48 Å². The Morgan fingerprint density at radius 1 is 1.14 bits per heavy atom. The second-order valence-electron chi connectivity index (χ2n) is 8.55. The van der Waals surface area contributed by atoms with Crippen LogP contribution in [-0.2, 0) is 19.3 Å². The van der Waals surface area contributed by atoms with E-state index in [0.717, 1.165) is 24.2 Å². The van der Waals surface area contributed by atoms with E-state index in [1.807, 2.05) is 37.3 Å². The molecule has 0 spiro atoms. The van der Waals surface area contributed by atoms with Crippen molar-refractivity contribution in [2.75, 3.05) is 13.2 Å². The van der Waals surface area contributed by atoms with Crippen molar-refractivity contribution >= 4 is 17.5 Å². The number of nitrogens with one attached hydrogen (secondary N) is 1. The topological polar surface area (TPSA) is 65.4 Å². The summed E-state index contributed by atoms with van der Waals surface area (Å²) in [5.74, 6) is 1.20. The number of hydrogen-bond acceptors (Lipinski definition) is 4. The highest BCUT2D eigenvalue weighted by atomic mass is 35.5. The van der Waals surface area contributed by atoms with Crippen molar-refractivity contribution in [1.29, 1.82) is 0 Å². The third kappa shape index (κ3) is 6.51. The van der Waals surface area contributed by atoms with Crippen LogP contribution in [0.1, 0.15) is 59.4 Å². The third-order valence-corrected chi connectivity index (χ3v) is 6.10. The number of rotatable bonds is 11. The van der Waals surface area contributed by atoms with E-state index in [4.69, 9.17) is 21.1 Å². The molecule has 0 saturated heterocycles. The molecule has 2 aromatic carbocycles. The first-order valence-electron chi connectivity index (χ1n) is 11.8. The first-order chi connectivity index (χ1) is 17.3. The molecule has 1 N–H and O–H groups in total. The number of carbonyl (C=O) groups excluding carboxylic acids is 1. The molecule has 0 atom stereocenters. The molecule has 0 radical (unpaired) electrons. The molecule has 0 aliphatic heterocycles. The fourth-order valence-corrected chi connectivity index (χ4v) is 4.25. The predicted molar refractivity (Wildman–Crippen MR) is 130 cm³/mol. The minimum Gasteiger partial charge on any atom is -0.494 e. The number of carbonyl (C=O) groups is 1. The zero-order chi connectivity index (χ0) is 25.7. The first-order valence-corrected chi connectivity index (χ1v) is 12.2. The Labute approximate surface area is 212 Å². The van der Waals surface area contributed by atoms with Gasteiger partial charge in [0.15, 0.2) is 5.69 Å². The quantitative estimate of drug-likeness (QED) is 0.304. The van der Waals surface area contributed by atoms with Crippen LogP contribution in [-0.4, -0.2) is 28.8 Å². The van der Waals surface area contributed by atoms with Gasteiger partial charge in [0.05, 0.1) is 17.3 Å². The molecular weight excluding hydrogens is 495 g/mol. The van der Waals surface area contributed by atoms with Crippen molar-refractivity contribution < 1.29 is 27.4 Å². The summed E-state index contributed by atoms with van der Waals surface area (Å²) in [6.45, 7) is 3.32. The number of aromatic nitrogens is 2. The number of nitrogens with zero attached hydrogens (tertiary/aromatic N) is 2. The summed E-state index contributed by atoms with van der Waals surface area (Å²) < 4.78 is 52.2. The van der Waals surface area contributed by atoms with Gasteiger partial charge in [0, 0.05) is 24.6 Å². The molecule has 1 aromatic heterocycles. The van der Waals surface area contributed by atoms with Gasteiger partial charge in [0.1, 0.15) is 18.1 Å². The Balaban J connectivity index is 1.28. The summed E-state index contributed by atoms with van der Waals surface area (Å²) in [5, 5.41) is 6.22. The van der Waals surface area contributed by atoms with Crippen LogP contribution in [0.2, 0.25) is 5.02 Å². The highest BCUT2D eigenvalue weighted by Gasteiger charge is 2.41. The van der Waals surface area contributed by atoms with Crippen LogP contribution < -0.4 is 14.8 Å². The van der Waals surface area contributed by atoms with Gasteiger partial charge >= 0.3 is 6.18 Å². The van der Waals surface area contributed by atoms with Crippen LogP contribution in [0.3, 0.4) is 0 Å². The minimum atomic E-state index is -4.60. The van der Waals surface area contributed by atoms with E-state index in [-0.39, 0.29) is 29.9 Å². The molecule has 1 aliphatic carbocycles. The van der Waals surface area contributed by atoms with Gasteiger partial charge in [-0.2, -0.15) is 18.3 Å². The number of benzene rings is 2. The maximum Gasteiger partial charge on any atom is 0.436 e. The second kappa shape index (κ2) is 11.2. The number of amides is 1. The molecular formula is C26H27ClF3N3O3. The number of ether oxygens (including phenoxy) is 2. The van der Waals surface area contributed by atoms with Crippen molar-refractivity contribution in [3.8, 4) is 11.5 Å². The van der Waals surface area contributed by atoms with E-state index in [2.05, 4.69) is 10.4 Å². The fourth-order valence-electron chi connectivity index (χ4n) is 3.85. The number of halogens is 4. The summed E-state index contributed by atoms with van der Waals surface area (Å²) >= 11 is 6.00. The zero-order valence-electron chi connectivity index (χ0n) is 19.8. The molecule has 1 amide bonds. The Kier molecular flexibility index (Phi) is 8.08. The predicted octanol–water partition coefficient (Wildman–Crippen LogP) is 6.23. The third-order valence-electron chi connectivity index (χ3n) is 5.73. The highest BCUT2D eigenvalue weighted by Crippen LogP contribution is 2.46. The smallest absolute Gasteiger partial charge is 0.436 e. The van der Waals surface area contributed by atoms with Gasteiger partial charge in [-0.05, 0) is 68.1 Å². The number of alkyl halides is 3. The van der Waals surface area contributed by atoms with Crippen molar-refractivity contribution in [2.24, 2.45) is 0 Å². The molecule has 36 heavy (non-hydrogen) atoms. The molecule has 0 unspecified atom stereocenters. The van der Waals surface area contributed by atoms with Crippen LogP contribution in [0.25, 0.3) is 0 Å². The molecule has 1 saturated carbocycles. The monoisotopic (exact) mass is 521 g/mol. The van der Waals surface area contributed by atoms with Gasteiger partial charge in [0.2, 0.25) is 0 Å². The minimum absolute atomic E-state index is 0.0169. The first kappa shape index (κ1) is 25.9. The largest absolute Gasteiger partial charge is 0.494 e. The van der Waals surface area contributed by atoms with Crippen LogP contribution in [0.4, 0.5) is 13.2 Å². The van der Waals surface area contributed by atoms with Crippen molar-refractivity contribution in [2.45, 2.75) is 51.4 Å². The van der Waals surface area contributed by atoms with Crippen LogP contribution >= 0.6 is 11.6 Å². The van der Waals surface area contributed by atoms with Crippen molar-refractivity contribution in [3.05, 3.63) is 76.1 Å². The van der Waals surface area contributed by atoms with E-state index in [1.54, 1.807) is 18.2 Å². The zero-order valence-corrected chi connectivity index (χ0v) is 20.5. The van der Waals surface area contributed by atoms with Gasteiger partial charge in [-0.1, -0.05) is 23.7 Å². The summed E-state index contributed by atoms with van der Waals surface area (Å²) in [5.41, 5.74) is 0.703. The summed E-state index contributed by atoms with van der Waals surface area (Å²) in [4.78, 5) is 12.6. The Hall–Kier alpha value is -3.20. The van der Waals surface area contributed by atoms with E-state index < -0.39 is 11.9 Å². The van der Waals surface area contributed by atoms with Crippen LogP contribution in [0, 0.1) is 0 Å². The summed E-state index contributed by atoms with van der Waals surface area (Å²) in [6.07, 6.45) is -2.57. The molecule has 192 valence electrons.